The zero-order chi connectivity index (χ0) is 50.6. The van der Waals surface area contributed by atoms with E-state index in [1.54, 1.807) is 0 Å². The molecule has 0 spiro atoms. The summed E-state index contributed by atoms with van der Waals surface area (Å²) < 4.78 is 27.3. The maximum Gasteiger partial charge on any atom is 0.633 e. The lowest BCUT2D eigenvalue weighted by atomic mass is 9.72. The van der Waals surface area contributed by atoms with E-state index in [9.17, 15) is 0 Å². The van der Waals surface area contributed by atoms with Crippen LogP contribution in [0.3, 0.4) is 0 Å². The molecule has 11 aromatic carbocycles. The highest BCUT2D eigenvalue weighted by Crippen LogP contribution is 2.39. The molecule has 0 aliphatic carbocycles. The van der Waals surface area contributed by atoms with E-state index in [1.807, 2.05) is 48.5 Å². The van der Waals surface area contributed by atoms with Crippen LogP contribution in [-0.2, 0) is 0 Å². The zero-order valence-electron chi connectivity index (χ0n) is 41.3. The van der Waals surface area contributed by atoms with E-state index < -0.39 is 46.8 Å². The number of hydrogen-bond acceptors (Lipinski definition) is 4. The summed E-state index contributed by atoms with van der Waals surface area (Å²) in [5, 5.41) is 15.6. The van der Waals surface area contributed by atoms with E-state index in [2.05, 4.69) is 243 Å². The van der Waals surface area contributed by atoms with Crippen LogP contribution in [-0.4, -0.2) is 23.0 Å². The Balaban J connectivity index is 1.10. The Labute approximate surface area is 451 Å². The molecule has 4 nitrogen and oxygen atoms in total. The summed E-state index contributed by atoms with van der Waals surface area (Å²) in [6.07, 6.45) is 0. The minimum absolute atomic E-state index is 0.717. The highest BCUT2D eigenvalue weighted by molar-refractivity contribution is 7.82. The van der Waals surface area contributed by atoms with Gasteiger partial charge in [-0.3, -0.25) is 0 Å². The molecule has 2 aliphatic rings. The predicted octanol–water partition coefficient (Wildman–Crippen LogP) is 7.81. The summed E-state index contributed by atoms with van der Waals surface area (Å²) in [6.45, 7) is 0. The molecule has 0 fully saturated rings. The average molecular weight is 1050 g/mol. The second-order valence-corrected chi connectivity index (χ2v) is 27.3. The molecular weight excluding hydrogens is 999 g/mol. The summed E-state index contributed by atoms with van der Waals surface area (Å²) in [4.78, 5) is 0. The number of rotatable bonds is 14. The third-order valence-corrected chi connectivity index (χ3v) is 25.0. The summed E-state index contributed by atoms with van der Waals surface area (Å²) >= 11 is 0. The first-order chi connectivity index (χ1) is 37.7. The van der Waals surface area contributed by atoms with Crippen molar-refractivity contribution >= 4 is 121 Å². The Morgan fingerprint density at radius 3 is 0.803 bits per heavy atom. The fourth-order valence-electron chi connectivity index (χ4n) is 10.5. The SMILES string of the molecule is c1ccc(P(c2ccccc2)c2ccccc2[Si-](c2ccccc2P(c2ccccc2)c2ccccc2)c2ccccc2P(c2ccccc2)c2c(B3Oc4ccccc4O3)cccc2B2Oc3ccccc3O2)cc1. The van der Waals surface area contributed by atoms with Crippen molar-refractivity contribution in [1.29, 1.82) is 0 Å². The van der Waals surface area contributed by atoms with E-state index in [4.69, 9.17) is 18.6 Å². The molecule has 0 N–H and O–H groups in total. The van der Waals surface area contributed by atoms with Gasteiger partial charge in [0.2, 0.25) is 0 Å². The van der Waals surface area contributed by atoms with Crippen molar-refractivity contribution in [3.05, 3.63) is 291 Å². The largest absolute Gasteiger partial charge is 0.633 e. The number of para-hydroxylation sites is 4. The first-order valence-corrected chi connectivity index (χ1v) is 31.1. The van der Waals surface area contributed by atoms with Gasteiger partial charge in [-0.15, -0.1) is 0 Å². The maximum atomic E-state index is 6.82. The summed E-state index contributed by atoms with van der Waals surface area (Å²) in [5.41, 5.74) is 1.87. The van der Waals surface area contributed by atoms with Gasteiger partial charge in [-0.25, -0.2) is 8.80 Å². The Hall–Kier alpha value is -7.74. The van der Waals surface area contributed by atoms with Crippen LogP contribution in [0.15, 0.2) is 291 Å². The van der Waals surface area contributed by atoms with Gasteiger partial charge < -0.3 is 18.6 Å². The van der Waals surface area contributed by atoms with Crippen molar-refractivity contribution in [3.8, 4) is 23.0 Å². The molecule has 0 saturated heterocycles. The molecule has 0 radical (unpaired) electrons. The lowest BCUT2D eigenvalue weighted by Gasteiger charge is -2.43. The normalized spacial score (nSPS) is 12.8. The van der Waals surface area contributed by atoms with Gasteiger partial charge in [0, 0.05) is 10.9 Å². The smallest absolute Gasteiger partial charge is 0.519 e. The van der Waals surface area contributed by atoms with Gasteiger partial charge >= 0.3 is 14.2 Å². The Bertz CT molecular complexity index is 3460. The number of benzene rings is 11. The zero-order valence-corrected chi connectivity index (χ0v) is 45.0. The van der Waals surface area contributed by atoms with Gasteiger partial charge in [-0.2, -0.15) is 15.6 Å². The summed E-state index contributed by atoms with van der Waals surface area (Å²) in [7, 11) is -6.83. The van der Waals surface area contributed by atoms with Gasteiger partial charge in [-0.05, 0) is 95.8 Å². The van der Waals surface area contributed by atoms with Crippen molar-refractivity contribution in [2.75, 3.05) is 0 Å². The first-order valence-electron chi connectivity index (χ1n) is 25.5. The molecule has 0 aromatic heterocycles. The van der Waals surface area contributed by atoms with Crippen LogP contribution < -0.4 is 92.8 Å². The standard InChI is InChI=1S/C66H48B2O4P3Si/c1-6-27-49(28-7-1)73(50-29-8-2-9-30-50)60-43-20-23-46-63(60)76(64-47-24-21-44-61(64)74(51-31-10-3-11-32-51)52-33-12-4-13-34-52)65-48-25-22-45-62(65)75(53-35-14-5-15-36-53)66-54(67-69-56-39-16-17-40-57(56)70-67)37-26-38-55(66)68-71-58-41-18-19-42-59(58)72-68/h1-48H/q-1. The molecule has 2 heterocycles. The van der Waals surface area contributed by atoms with Crippen molar-refractivity contribution in [3.63, 3.8) is 0 Å². The van der Waals surface area contributed by atoms with E-state index in [0.29, 0.717) is 0 Å². The van der Waals surface area contributed by atoms with Crippen molar-refractivity contribution in [1.82, 2.24) is 0 Å². The molecular formula is C66H48B2O4P3Si-. The third kappa shape index (κ3) is 9.40. The summed E-state index contributed by atoms with van der Waals surface area (Å²) in [6, 6.07) is 106. The van der Waals surface area contributed by atoms with Crippen molar-refractivity contribution in [2.24, 2.45) is 0 Å². The van der Waals surface area contributed by atoms with E-state index >= 15 is 0 Å². The molecule has 0 saturated carbocycles. The van der Waals surface area contributed by atoms with Crippen LogP contribution in [0.25, 0.3) is 0 Å². The van der Waals surface area contributed by atoms with Crippen LogP contribution in [0.5, 0.6) is 23.0 Å². The molecule has 76 heavy (non-hydrogen) atoms. The highest BCUT2D eigenvalue weighted by Gasteiger charge is 2.44. The monoisotopic (exact) mass is 1050 g/mol. The van der Waals surface area contributed by atoms with Crippen LogP contribution >= 0.6 is 23.8 Å². The molecule has 10 heteroatoms. The average Bonchev–Trinajstić information content (AvgIpc) is 4.16. The van der Waals surface area contributed by atoms with Gasteiger partial charge in [0.05, 0.1) is 0 Å². The second kappa shape index (κ2) is 21.8. The maximum absolute atomic E-state index is 6.82. The van der Waals surface area contributed by atoms with Gasteiger partial charge in [0.15, 0.2) is 0 Å². The predicted molar refractivity (Wildman–Crippen MR) is 326 cm³/mol. The second-order valence-electron chi connectivity index (χ2n) is 18.4. The lowest BCUT2D eigenvalue weighted by Crippen LogP contribution is -2.64. The van der Waals surface area contributed by atoms with Crippen molar-refractivity contribution < 1.29 is 18.6 Å². The molecule has 0 bridgehead atoms. The van der Waals surface area contributed by atoms with Crippen LogP contribution in [0, 0.1) is 0 Å². The van der Waals surface area contributed by atoms with Crippen LogP contribution in [0.2, 0.25) is 0 Å². The number of hydrogen-bond donors (Lipinski definition) is 0. The first kappa shape index (κ1) is 47.9. The third-order valence-electron chi connectivity index (χ3n) is 13.8. The quantitative estimate of drug-likeness (QED) is 0.0634. The van der Waals surface area contributed by atoms with Crippen LogP contribution in [0.4, 0.5) is 0 Å². The minimum Gasteiger partial charge on any atom is -0.519 e. The lowest BCUT2D eigenvalue weighted by molar-refractivity contribution is 0.518. The van der Waals surface area contributed by atoms with Gasteiger partial charge in [-0.1, -0.05) is 267 Å². The van der Waals surface area contributed by atoms with Gasteiger partial charge in [0.1, 0.15) is 23.0 Å². The van der Waals surface area contributed by atoms with Crippen LogP contribution in [0.1, 0.15) is 0 Å². The Kier molecular flexibility index (Phi) is 13.8. The Morgan fingerprint density at radius 1 is 0.237 bits per heavy atom. The van der Waals surface area contributed by atoms with E-state index in [-0.39, 0.29) is 0 Å². The highest BCUT2D eigenvalue weighted by atomic mass is 31.1. The number of fused-ring (bicyclic) bond motifs is 2. The summed E-state index contributed by atoms with van der Waals surface area (Å²) in [5.74, 6) is 2.87. The molecule has 11 aromatic rings. The van der Waals surface area contributed by atoms with Crippen molar-refractivity contribution in [2.45, 2.75) is 0 Å². The molecule has 1 unspecified atom stereocenters. The molecule has 13 rings (SSSR count). The minimum atomic E-state index is -1.97. The molecule has 362 valence electrons. The topological polar surface area (TPSA) is 36.9 Å². The van der Waals surface area contributed by atoms with E-state index in [0.717, 1.165) is 39.2 Å². The molecule has 1 atom stereocenters. The fourth-order valence-corrected chi connectivity index (χ4v) is 22.5. The molecule has 0 amide bonds. The van der Waals surface area contributed by atoms with Gasteiger partial charge in [0.25, 0.3) is 0 Å². The van der Waals surface area contributed by atoms with E-state index in [1.165, 1.54) is 58.0 Å². The Morgan fingerprint density at radius 2 is 0.487 bits per heavy atom. The fraction of sp³-hybridized carbons (Fsp3) is 0. The molecule has 2 aliphatic heterocycles.